The van der Waals surface area contributed by atoms with Crippen LogP contribution in [0.1, 0.15) is 56.1 Å². The van der Waals surface area contributed by atoms with E-state index in [2.05, 4.69) is 20.4 Å². The lowest BCUT2D eigenvalue weighted by atomic mass is 10.0. The molecule has 2 aromatic carbocycles. The summed E-state index contributed by atoms with van der Waals surface area (Å²) in [6.45, 7) is 7.80. The molecule has 0 bridgehead atoms. The van der Waals surface area contributed by atoms with Gasteiger partial charge in [-0.2, -0.15) is 5.10 Å². The van der Waals surface area contributed by atoms with E-state index in [-0.39, 0.29) is 35.2 Å². The predicted molar refractivity (Wildman–Crippen MR) is 118 cm³/mol. The van der Waals surface area contributed by atoms with Gasteiger partial charge in [0.05, 0.1) is 28.5 Å². The third kappa shape index (κ3) is 3.47. The van der Waals surface area contributed by atoms with Crippen LogP contribution < -0.4 is 10.9 Å². The minimum atomic E-state index is -0.334. The number of imidazole rings is 1. The Labute approximate surface area is 174 Å². The zero-order chi connectivity index (χ0) is 21.4. The maximum Gasteiger partial charge on any atom is 0.274 e. The highest BCUT2D eigenvalue weighted by Crippen LogP contribution is 2.23. The minimum absolute atomic E-state index is 0.0942. The molecular formula is C23H25N5O2. The SMILES string of the molecule is CC(C)C(NC(=O)c1nn(C(C)C)c(=O)c2ccccc12)c1nc2ccccc2[nH]1. The van der Waals surface area contributed by atoms with Crippen LogP contribution in [0.15, 0.2) is 53.3 Å². The minimum Gasteiger partial charge on any atom is -0.340 e. The highest BCUT2D eigenvalue weighted by Gasteiger charge is 2.25. The largest absolute Gasteiger partial charge is 0.340 e. The first-order chi connectivity index (χ1) is 14.4. The van der Waals surface area contributed by atoms with Gasteiger partial charge in [-0.05, 0) is 38.0 Å². The number of hydrogen-bond donors (Lipinski definition) is 2. The molecule has 7 nitrogen and oxygen atoms in total. The Morgan fingerprint density at radius 1 is 1.00 bits per heavy atom. The number of hydrogen-bond acceptors (Lipinski definition) is 4. The number of fused-ring (bicyclic) bond motifs is 2. The second kappa shape index (κ2) is 7.74. The molecular weight excluding hydrogens is 378 g/mol. The second-order valence-electron chi connectivity index (χ2n) is 8.07. The van der Waals surface area contributed by atoms with Gasteiger partial charge in [0.15, 0.2) is 5.69 Å². The maximum absolute atomic E-state index is 13.3. The molecule has 2 aromatic heterocycles. The van der Waals surface area contributed by atoms with E-state index in [9.17, 15) is 9.59 Å². The average molecular weight is 403 g/mol. The third-order valence-corrected chi connectivity index (χ3v) is 5.19. The molecule has 2 heterocycles. The molecule has 0 spiro atoms. The summed E-state index contributed by atoms with van der Waals surface area (Å²) >= 11 is 0. The fraction of sp³-hybridized carbons (Fsp3) is 0.304. The molecule has 30 heavy (non-hydrogen) atoms. The van der Waals surface area contributed by atoms with E-state index in [0.29, 0.717) is 16.6 Å². The summed E-state index contributed by atoms with van der Waals surface area (Å²) in [6.07, 6.45) is 0. The van der Waals surface area contributed by atoms with E-state index in [1.807, 2.05) is 52.0 Å². The van der Waals surface area contributed by atoms with E-state index in [0.717, 1.165) is 11.0 Å². The van der Waals surface area contributed by atoms with E-state index in [1.54, 1.807) is 24.3 Å². The van der Waals surface area contributed by atoms with Crippen LogP contribution in [-0.4, -0.2) is 25.7 Å². The summed E-state index contributed by atoms with van der Waals surface area (Å²) in [6, 6.07) is 14.4. The first kappa shape index (κ1) is 19.8. The standard InChI is InChI=1S/C23H25N5O2/c1-13(2)19(21-24-17-11-7-8-12-18(17)25-21)26-22(29)20-15-9-5-6-10-16(15)23(30)28(27-20)14(3)4/h5-14,19H,1-4H3,(H,24,25)(H,26,29). The van der Waals surface area contributed by atoms with Crippen molar-refractivity contribution < 1.29 is 4.79 Å². The zero-order valence-electron chi connectivity index (χ0n) is 17.5. The summed E-state index contributed by atoms with van der Waals surface area (Å²) < 4.78 is 1.36. The van der Waals surface area contributed by atoms with Gasteiger partial charge >= 0.3 is 0 Å². The number of nitrogens with zero attached hydrogens (tertiary/aromatic N) is 3. The Hall–Kier alpha value is -3.48. The van der Waals surface area contributed by atoms with Crippen molar-refractivity contribution >= 4 is 27.7 Å². The summed E-state index contributed by atoms with van der Waals surface area (Å²) in [5, 5.41) is 8.52. The first-order valence-corrected chi connectivity index (χ1v) is 10.1. The number of rotatable bonds is 5. The lowest BCUT2D eigenvalue weighted by molar-refractivity contribution is 0.0917. The fourth-order valence-electron chi connectivity index (χ4n) is 3.60. The van der Waals surface area contributed by atoms with E-state index in [4.69, 9.17) is 0 Å². The molecule has 0 aliphatic carbocycles. The molecule has 1 amide bonds. The summed E-state index contributed by atoms with van der Waals surface area (Å²) in [4.78, 5) is 34.0. The zero-order valence-corrected chi connectivity index (χ0v) is 17.5. The molecule has 7 heteroatoms. The van der Waals surface area contributed by atoms with E-state index in [1.165, 1.54) is 4.68 Å². The Balaban J connectivity index is 1.77. The highest BCUT2D eigenvalue weighted by molar-refractivity contribution is 6.04. The average Bonchev–Trinajstić information content (AvgIpc) is 3.15. The Morgan fingerprint density at radius 2 is 1.67 bits per heavy atom. The Kier molecular flexibility index (Phi) is 5.11. The fourth-order valence-corrected chi connectivity index (χ4v) is 3.60. The van der Waals surface area contributed by atoms with Gasteiger partial charge < -0.3 is 10.3 Å². The molecule has 1 unspecified atom stereocenters. The number of H-pyrrole nitrogens is 1. The number of aromatic amines is 1. The van der Waals surface area contributed by atoms with Gasteiger partial charge in [0.2, 0.25) is 0 Å². The lowest BCUT2D eigenvalue weighted by Gasteiger charge is -2.21. The molecule has 4 aromatic rings. The van der Waals surface area contributed by atoms with Gasteiger partial charge in [-0.15, -0.1) is 0 Å². The lowest BCUT2D eigenvalue weighted by Crippen LogP contribution is -2.35. The molecule has 1 atom stereocenters. The van der Waals surface area contributed by atoms with Crippen molar-refractivity contribution in [3.63, 3.8) is 0 Å². The monoisotopic (exact) mass is 403 g/mol. The van der Waals surface area contributed by atoms with Crippen LogP contribution in [0.5, 0.6) is 0 Å². The number of nitrogens with one attached hydrogen (secondary N) is 2. The van der Waals surface area contributed by atoms with Crippen molar-refractivity contribution in [2.24, 2.45) is 5.92 Å². The van der Waals surface area contributed by atoms with Crippen LogP contribution >= 0.6 is 0 Å². The molecule has 154 valence electrons. The molecule has 0 saturated heterocycles. The topological polar surface area (TPSA) is 92.7 Å². The van der Waals surface area contributed by atoms with Crippen molar-refractivity contribution in [1.82, 2.24) is 25.1 Å². The molecule has 0 aliphatic heterocycles. The van der Waals surface area contributed by atoms with Crippen molar-refractivity contribution in [2.45, 2.75) is 39.8 Å². The van der Waals surface area contributed by atoms with Crippen molar-refractivity contribution in [3.05, 3.63) is 70.4 Å². The first-order valence-electron chi connectivity index (χ1n) is 10.1. The van der Waals surface area contributed by atoms with Gasteiger partial charge in [-0.25, -0.2) is 9.67 Å². The van der Waals surface area contributed by atoms with Gasteiger partial charge in [0.1, 0.15) is 5.82 Å². The number of para-hydroxylation sites is 2. The normalized spacial score (nSPS) is 12.7. The van der Waals surface area contributed by atoms with Gasteiger partial charge in [0, 0.05) is 5.39 Å². The maximum atomic E-state index is 13.3. The quantitative estimate of drug-likeness (QED) is 0.527. The number of amides is 1. The second-order valence-corrected chi connectivity index (χ2v) is 8.07. The number of carbonyl (C=O) groups excluding carboxylic acids is 1. The Bertz CT molecular complexity index is 1250. The van der Waals surface area contributed by atoms with Crippen molar-refractivity contribution in [1.29, 1.82) is 0 Å². The number of benzene rings is 2. The van der Waals surface area contributed by atoms with E-state index < -0.39 is 0 Å². The molecule has 0 radical (unpaired) electrons. The van der Waals surface area contributed by atoms with Crippen LogP contribution in [0, 0.1) is 5.92 Å². The van der Waals surface area contributed by atoms with Crippen LogP contribution in [0.25, 0.3) is 21.8 Å². The highest BCUT2D eigenvalue weighted by atomic mass is 16.2. The van der Waals surface area contributed by atoms with Crippen molar-refractivity contribution in [3.8, 4) is 0 Å². The van der Waals surface area contributed by atoms with Crippen LogP contribution in [0.4, 0.5) is 0 Å². The third-order valence-electron chi connectivity index (χ3n) is 5.19. The number of aromatic nitrogens is 4. The van der Waals surface area contributed by atoms with E-state index >= 15 is 0 Å². The summed E-state index contributed by atoms with van der Waals surface area (Å²) in [7, 11) is 0. The predicted octanol–water partition coefficient (Wildman–Crippen LogP) is 3.98. The molecule has 0 fully saturated rings. The van der Waals surface area contributed by atoms with Crippen molar-refractivity contribution in [2.75, 3.05) is 0 Å². The molecule has 0 aliphatic rings. The van der Waals surface area contributed by atoms with Crippen LogP contribution in [-0.2, 0) is 0 Å². The number of carbonyl (C=O) groups is 1. The van der Waals surface area contributed by atoms with Crippen LogP contribution in [0.3, 0.4) is 0 Å². The molecule has 4 rings (SSSR count). The van der Waals surface area contributed by atoms with Gasteiger partial charge in [-0.3, -0.25) is 9.59 Å². The summed E-state index contributed by atoms with van der Waals surface area (Å²) in [5.41, 5.74) is 1.81. The Morgan fingerprint density at radius 3 is 2.33 bits per heavy atom. The molecule has 2 N–H and O–H groups in total. The summed E-state index contributed by atoms with van der Waals surface area (Å²) in [5.74, 6) is 0.456. The van der Waals surface area contributed by atoms with Gasteiger partial charge in [-0.1, -0.05) is 44.2 Å². The van der Waals surface area contributed by atoms with Crippen LogP contribution in [0.2, 0.25) is 0 Å². The molecule has 0 saturated carbocycles. The smallest absolute Gasteiger partial charge is 0.274 e. The van der Waals surface area contributed by atoms with Gasteiger partial charge in [0.25, 0.3) is 11.5 Å².